The van der Waals surface area contributed by atoms with Crippen LogP contribution in [0.25, 0.3) is 0 Å². The Morgan fingerprint density at radius 3 is 1.25 bits per heavy atom. The number of carbonyl (C=O) groups is 4. The molecular formula is C55H46N4O10. The molecule has 0 saturated heterocycles. The highest BCUT2D eigenvalue weighted by atomic mass is 16.5. The van der Waals surface area contributed by atoms with Crippen LogP contribution >= 0.6 is 0 Å². The average Bonchev–Trinajstić information content (AvgIpc) is 3.38. The van der Waals surface area contributed by atoms with Crippen molar-refractivity contribution in [2.75, 3.05) is 17.7 Å². The number of para-hydroxylation sites is 2. The number of carbonyl (C=O) groups excluding carboxylic acids is 3. The molecule has 0 bridgehead atoms. The van der Waals surface area contributed by atoms with Gasteiger partial charge in [0.05, 0.1) is 42.5 Å². The Bertz CT molecular complexity index is 2940. The minimum absolute atomic E-state index is 0.0363. The molecule has 2 heterocycles. The third-order valence-electron chi connectivity index (χ3n) is 9.95. The molecule has 0 spiro atoms. The summed E-state index contributed by atoms with van der Waals surface area (Å²) in [4.78, 5) is 56.5. The highest BCUT2D eigenvalue weighted by Crippen LogP contribution is 2.26. The fourth-order valence-corrected chi connectivity index (χ4v) is 6.50. The molecule has 0 atom stereocenters. The van der Waals surface area contributed by atoms with Gasteiger partial charge in [0.25, 0.3) is 0 Å². The van der Waals surface area contributed by atoms with Crippen LogP contribution in [-0.2, 0) is 40.4 Å². The van der Waals surface area contributed by atoms with Gasteiger partial charge in [0.1, 0.15) is 36.2 Å². The lowest BCUT2D eigenvalue weighted by Crippen LogP contribution is -2.17. The van der Waals surface area contributed by atoms with Crippen molar-refractivity contribution in [3.8, 4) is 34.8 Å². The molecule has 0 aliphatic rings. The standard InChI is InChI=1S/C28H24N2O5.C27H22N2O5/c1-33-28(32)24-9-5-6-10-25(24)30-26(31)17-21-11-16-27(29-18-21)35-23-14-12-22(13-15-23)34-19-20-7-3-2-4-8-20;30-25(29-24-9-5-4-8-23(24)27(31)32)16-20-10-15-26(28-17-20)34-22-13-11-21(12-14-22)33-18-19-6-2-1-3-7-19/h2-16,18H,17,19H2,1H3,(H,30,31);1-15,17H,16,18H2,(H,29,30)(H,31,32). The number of benzene rings is 6. The van der Waals surface area contributed by atoms with E-state index in [2.05, 4.69) is 20.6 Å². The molecule has 69 heavy (non-hydrogen) atoms. The number of rotatable bonds is 18. The molecule has 0 unspecified atom stereocenters. The maximum Gasteiger partial charge on any atom is 0.339 e. The van der Waals surface area contributed by atoms with Gasteiger partial charge in [-0.3, -0.25) is 9.59 Å². The number of aromatic nitrogens is 2. The van der Waals surface area contributed by atoms with Crippen molar-refractivity contribution >= 4 is 35.1 Å². The molecule has 8 aromatic rings. The quantitative estimate of drug-likeness (QED) is 0.0693. The monoisotopic (exact) mass is 922 g/mol. The molecule has 0 aliphatic carbocycles. The molecular weight excluding hydrogens is 877 g/mol. The first kappa shape index (κ1) is 47.7. The van der Waals surface area contributed by atoms with Crippen molar-refractivity contribution in [2.45, 2.75) is 26.1 Å². The number of hydrogen-bond acceptors (Lipinski definition) is 11. The molecule has 0 aliphatic heterocycles. The van der Waals surface area contributed by atoms with Gasteiger partial charge >= 0.3 is 11.9 Å². The summed E-state index contributed by atoms with van der Waals surface area (Å²) < 4.78 is 27.9. The second kappa shape index (κ2) is 24.3. The predicted molar refractivity (Wildman–Crippen MR) is 259 cm³/mol. The Morgan fingerprint density at radius 2 is 0.841 bits per heavy atom. The lowest BCUT2D eigenvalue weighted by molar-refractivity contribution is -0.116. The van der Waals surface area contributed by atoms with Crippen molar-refractivity contribution < 1.29 is 48.0 Å². The van der Waals surface area contributed by atoms with Crippen LogP contribution < -0.4 is 29.6 Å². The number of amides is 2. The molecule has 346 valence electrons. The second-order valence-electron chi connectivity index (χ2n) is 15.0. The lowest BCUT2D eigenvalue weighted by Gasteiger charge is -2.10. The van der Waals surface area contributed by atoms with Crippen LogP contribution in [-0.4, -0.2) is 45.9 Å². The molecule has 0 saturated carbocycles. The maximum atomic E-state index is 12.5. The Kier molecular flexibility index (Phi) is 16.8. The number of anilines is 2. The highest BCUT2D eigenvalue weighted by Gasteiger charge is 2.15. The summed E-state index contributed by atoms with van der Waals surface area (Å²) in [6.45, 7) is 0.978. The molecule has 0 radical (unpaired) electrons. The number of esters is 1. The number of hydrogen-bond donors (Lipinski definition) is 3. The van der Waals surface area contributed by atoms with E-state index >= 15 is 0 Å². The van der Waals surface area contributed by atoms with Crippen molar-refractivity contribution in [1.29, 1.82) is 0 Å². The third-order valence-corrected chi connectivity index (χ3v) is 9.95. The zero-order valence-electron chi connectivity index (χ0n) is 37.3. The fraction of sp³-hybridized carbons (Fsp3) is 0.0909. The Hall–Kier alpha value is -9.30. The van der Waals surface area contributed by atoms with Gasteiger partial charge in [-0.1, -0.05) is 97.1 Å². The van der Waals surface area contributed by atoms with E-state index < -0.39 is 11.9 Å². The van der Waals surface area contributed by atoms with Gasteiger partial charge < -0.3 is 39.4 Å². The molecule has 14 nitrogen and oxygen atoms in total. The van der Waals surface area contributed by atoms with Gasteiger partial charge in [-0.15, -0.1) is 0 Å². The van der Waals surface area contributed by atoms with Gasteiger partial charge in [-0.05, 0) is 95.1 Å². The van der Waals surface area contributed by atoms with E-state index in [0.29, 0.717) is 58.9 Å². The van der Waals surface area contributed by atoms with E-state index in [1.165, 1.54) is 13.2 Å². The van der Waals surface area contributed by atoms with E-state index in [0.717, 1.165) is 22.6 Å². The molecule has 2 amide bonds. The van der Waals surface area contributed by atoms with Crippen LogP contribution in [0.3, 0.4) is 0 Å². The molecule has 2 aromatic heterocycles. The zero-order chi connectivity index (χ0) is 48.2. The third kappa shape index (κ3) is 14.9. The van der Waals surface area contributed by atoms with Crippen LogP contribution in [0.1, 0.15) is 43.0 Å². The van der Waals surface area contributed by atoms with Crippen molar-refractivity contribution in [3.05, 3.63) is 228 Å². The first-order valence-corrected chi connectivity index (χ1v) is 21.6. The van der Waals surface area contributed by atoms with Gasteiger partial charge in [0.15, 0.2) is 0 Å². The number of nitrogens with zero attached hydrogens (tertiary/aromatic N) is 2. The van der Waals surface area contributed by atoms with Gasteiger partial charge in [0.2, 0.25) is 23.6 Å². The van der Waals surface area contributed by atoms with E-state index in [1.54, 1.807) is 91.3 Å². The van der Waals surface area contributed by atoms with E-state index in [1.807, 2.05) is 97.1 Å². The first-order chi connectivity index (χ1) is 33.7. The van der Waals surface area contributed by atoms with Crippen molar-refractivity contribution in [3.63, 3.8) is 0 Å². The van der Waals surface area contributed by atoms with E-state index in [9.17, 15) is 24.3 Å². The van der Waals surface area contributed by atoms with Gasteiger partial charge in [-0.25, -0.2) is 19.6 Å². The first-order valence-electron chi connectivity index (χ1n) is 21.6. The van der Waals surface area contributed by atoms with E-state index in [4.69, 9.17) is 23.7 Å². The number of aromatic carboxylic acids is 1. The summed E-state index contributed by atoms with van der Waals surface area (Å²) in [5.74, 6) is 1.26. The topological polar surface area (TPSA) is 184 Å². The van der Waals surface area contributed by atoms with Crippen LogP contribution in [0.15, 0.2) is 194 Å². The van der Waals surface area contributed by atoms with Gasteiger partial charge in [0, 0.05) is 24.5 Å². The van der Waals surface area contributed by atoms with Crippen LogP contribution in [0.4, 0.5) is 11.4 Å². The lowest BCUT2D eigenvalue weighted by atomic mass is 10.1. The number of pyridine rings is 2. The normalized spacial score (nSPS) is 10.3. The zero-order valence-corrected chi connectivity index (χ0v) is 37.3. The number of nitrogens with one attached hydrogen (secondary N) is 2. The van der Waals surface area contributed by atoms with Crippen LogP contribution in [0.5, 0.6) is 34.8 Å². The SMILES string of the molecule is COC(=O)c1ccccc1NC(=O)Cc1ccc(Oc2ccc(OCc3ccccc3)cc2)nc1.O=C(Cc1ccc(Oc2ccc(OCc3ccccc3)cc2)nc1)Nc1ccccc1C(=O)O. The number of carboxylic acid groups (broad SMARTS) is 1. The Labute approximate surface area is 398 Å². The molecule has 8 rings (SSSR count). The summed E-state index contributed by atoms with van der Waals surface area (Å²) in [6.07, 6.45) is 3.28. The second-order valence-corrected chi connectivity index (χ2v) is 15.0. The minimum Gasteiger partial charge on any atom is -0.489 e. The summed E-state index contributed by atoms with van der Waals surface area (Å²) in [5.41, 5.74) is 4.54. The summed E-state index contributed by atoms with van der Waals surface area (Å²) in [6, 6.07) is 54.2. The Balaban J connectivity index is 0.000000204. The van der Waals surface area contributed by atoms with E-state index in [-0.39, 0.29) is 35.9 Å². The molecule has 0 fully saturated rings. The van der Waals surface area contributed by atoms with Crippen molar-refractivity contribution in [2.24, 2.45) is 0 Å². The molecule has 3 N–H and O–H groups in total. The summed E-state index contributed by atoms with van der Waals surface area (Å²) in [5, 5.41) is 14.6. The Morgan fingerprint density at radius 1 is 0.449 bits per heavy atom. The minimum atomic E-state index is -1.10. The molecule has 14 heteroatoms. The van der Waals surface area contributed by atoms with Crippen molar-refractivity contribution in [1.82, 2.24) is 9.97 Å². The number of methoxy groups -OCH3 is 1. The number of ether oxygens (including phenoxy) is 5. The fourth-order valence-electron chi connectivity index (χ4n) is 6.50. The summed E-state index contributed by atoms with van der Waals surface area (Å²) >= 11 is 0. The maximum absolute atomic E-state index is 12.5. The predicted octanol–water partition coefficient (Wildman–Crippen LogP) is 10.8. The average molecular weight is 923 g/mol. The largest absolute Gasteiger partial charge is 0.489 e. The smallest absolute Gasteiger partial charge is 0.339 e. The van der Waals surface area contributed by atoms with Crippen LogP contribution in [0, 0.1) is 0 Å². The highest BCUT2D eigenvalue weighted by molar-refractivity contribution is 6.02. The molecule has 6 aromatic carbocycles. The van der Waals surface area contributed by atoms with Crippen LogP contribution in [0.2, 0.25) is 0 Å². The number of carboxylic acids is 1. The summed E-state index contributed by atoms with van der Waals surface area (Å²) in [7, 11) is 1.30. The van der Waals surface area contributed by atoms with Gasteiger partial charge in [-0.2, -0.15) is 0 Å².